The zero-order chi connectivity index (χ0) is 6.97. The van der Waals surface area contributed by atoms with Gasteiger partial charge in [0.25, 0.3) is 0 Å². The summed E-state index contributed by atoms with van der Waals surface area (Å²) < 4.78 is 5.10. The lowest BCUT2D eigenvalue weighted by Gasteiger charge is -1.96. The molecule has 52 valence electrons. The van der Waals surface area contributed by atoms with Gasteiger partial charge in [-0.1, -0.05) is 0 Å². The fraction of sp³-hybridized carbons (Fsp3) is 0.429. The van der Waals surface area contributed by atoms with Crippen LogP contribution in [-0.4, -0.2) is 16.6 Å². The van der Waals surface area contributed by atoms with Gasteiger partial charge in [-0.2, -0.15) is 0 Å². The zero-order valence-corrected chi connectivity index (χ0v) is 5.74. The minimum atomic E-state index is 0.279. The molecule has 0 unspecified atom stereocenters. The molecule has 1 aromatic rings. The summed E-state index contributed by atoms with van der Waals surface area (Å²) in [6.07, 6.45) is 3.66. The van der Waals surface area contributed by atoms with E-state index in [1.807, 2.05) is 13.1 Å². The Labute approximate surface area is 59.1 Å². The van der Waals surface area contributed by atoms with Crippen molar-refractivity contribution < 1.29 is 4.74 Å². The predicted octanol–water partition coefficient (Wildman–Crippen LogP) is 0.856. The number of ether oxygens (including phenoxy) is 1. The van der Waals surface area contributed by atoms with Crippen molar-refractivity contribution in [3.05, 3.63) is 23.8 Å². The Hall–Kier alpha value is -0.960. The summed E-state index contributed by atoms with van der Waals surface area (Å²) in [5, 5.41) is 0. The first kappa shape index (κ1) is 5.80. The van der Waals surface area contributed by atoms with Crippen LogP contribution in [0.5, 0.6) is 0 Å². The molecule has 1 atom stereocenters. The molecule has 10 heavy (non-hydrogen) atoms. The van der Waals surface area contributed by atoms with E-state index >= 15 is 0 Å². The Morgan fingerprint density at radius 2 is 2.50 bits per heavy atom. The van der Waals surface area contributed by atoms with E-state index < -0.39 is 0 Å². The Bertz CT molecular complexity index is 245. The molecule has 0 saturated carbocycles. The fourth-order valence-corrected chi connectivity index (χ4v) is 0.945. The highest BCUT2D eigenvalue weighted by atomic mass is 16.6. The van der Waals surface area contributed by atoms with Crippen molar-refractivity contribution in [2.24, 2.45) is 0 Å². The van der Waals surface area contributed by atoms with Crippen molar-refractivity contribution in [2.45, 2.75) is 13.0 Å². The maximum absolute atomic E-state index is 5.10. The standard InChI is InChI=1S/C7H8N2O/c1-5-6(7-3-10-7)2-8-4-9-5/h2,4,7H,3H2,1H3/t7-/m0/s1. The van der Waals surface area contributed by atoms with Gasteiger partial charge in [-0.25, -0.2) is 9.97 Å². The molecular weight excluding hydrogens is 128 g/mol. The highest BCUT2D eigenvalue weighted by molar-refractivity contribution is 5.20. The minimum Gasteiger partial charge on any atom is -0.368 e. The van der Waals surface area contributed by atoms with Crippen molar-refractivity contribution in [3.8, 4) is 0 Å². The smallest absolute Gasteiger partial charge is 0.115 e. The minimum absolute atomic E-state index is 0.279. The molecule has 0 spiro atoms. The van der Waals surface area contributed by atoms with Gasteiger partial charge in [0.1, 0.15) is 12.4 Å². The Kier molecular flexibility index (Phi) is 1.17. The highest BCUT2D eigenvalue weighted by Gasteiger charge is 2.26. The maximum atomic E-state index is 5.10. The van der Waals surface area contributed by atoms with Crippen molar-refractivity contribution in [1.29, 1.82) is 0 Å². The monoisotopic (exact) mass is 136 g/mol. The molecule has 1 fully saturated rings. The molecule has 0 bridgehead atoms. The van der Waals surface area contributed by atoms with Crippen molar-refractivity contribution in [2.75, 3.05) is 6.61 Å². The third kappa shape index (κ3) is 0.885. The van der Waals surface area contributed by atoms with E-state index in [9.17, 15) is 0 Å². The first-order valence-corrected chi connectivity index (χ1v) is 3.26. The number of rotatable bonds is 1. The lowest BCUT2D eigenvalue weighted by atomic mass is 10.2. The van der Waals surface area contributed by atoms with Crippen molar-refractivity contribution in [1.82, 2.24) is 9.97 Å². The molecule has 0 amide bonds. The molecule has 1 aromatic heterocycles. The van der Waals surface area contributed by atoms with Crippen LogP contribution in [0.15, 0.2) is 12.5 Å². The van der Waals surface area contributed by atoms with Gasteiger partial charge in [0.2, 0.25) is 0 Å². The molecule has 0 radical (unpaired) electrons. The van der Waals surface area contributed by atoms with Gasteiger partial charge in [-0.05, 0) is 6.92 Å². The number of aryl methyl sites for hydroxylation is 1. The molecule has 1 aliphatic heterocycles. The SMILES string of the molecule is Cc1ncncc1[C@@H]1CO1. The van der Waals surface area contributed by atoms with Gasteiger partial charge in [0.05, 0.1) is 6.61 Å². The second-order valence-corrected chi connectivity index (χ2v) is 2.39. The van der Waals surface area contributed by atoms with Gasteiger partial charge in [0, 0.05) is 17.5 Å². The Balaban J connectivity index is 2.39. The normalized spacial score (nSPS) is 22.7. The average molecular weight is 136 g/mol. The molecule has 1 aliphatic rings. The van der Waals surface area contributed by atoms with Gasteiger partial charge in [-0.15, -0.1) is 0 Å². The van der Waals surface area contributed by atoms with Gasteiger partial charge >= 0.3 is 0 Å². The van der Waals surface area contributed by atoms with Crippen LogP contribution in [0.1, 0.15) is 17.4 Å². The quantitative estimate of drug-likeness (QED) is 0.537. The largest absolute Gasteiger partial charge is 0.368 e. The average Bonchev–Trinajstić information content (AvgIpc) is 2.71. The topological polar surface area (TPSA) is 38.3 Å². The summed E-state index contributed by atoms with van der Waals surface area (Å²) in [4.78, 5) is 7.96. The zero-order valence-electron chi connectivity index (χ0n) is 5.74. The molecule has 3 heteroatoms. The van der Waals surface area contributed by atoms with Crippen molar-refractivity contribution >= 4 is 0 Å². The van der Waals surface area contributed by atoms with E-state index in [2.05, 4.69) is 9.97 Å². The fourth-order valence-electron chi connectivity index (χ4n) is 0.945. The second kappa shape index (κ2) is 2.02. The van der Waals surface area contributed by atoms with Gasteiger partial charge < -0.3 is 4.74 Å². The molecular formula is C7H8N2O. The lowest BCUT2D eigenvalue weighted by molar-refractivity contribution is 0.414. The summed E-state index contributed by atoms with van der Waals surface area (Å²) in [5.41, 5.74) is 2.15. The van der Waals surface area contributed by atoms with Crippen LogP contribution in [0.2, 0.25) is 0 Å². The summed E-state index contributed by atoms with van der Waals surface area (Å²) in [6.45, 7) is 2.80. The van der Waals surface area contributed by atoms with E-state index in [0.717, 1.165) is 17.9 Å². The molecule has 0 aliphatic carbocycles. The van der Waals surface area contributed by atoms with Crippen LogP contribution < -0.4 is 0 Å². The van der Waals surface area contributed by atoms with E-state index in [1.54, 1.807) is 6.33 Å². The van der Waals surface area contributed by atoms with Crippen molar-refractivity contribution in [3.63, 3.8) is 0 Å². The van der Waals surface area contributed by atoms with Crippen LogP contribution in [0, 0.1) is 6.92 Å². The third-order valence-electron chi connectivity index (χ3n) is 1.63. The number of nitrogens with zero attached hydrogens (tertiary/aromatic N) is 2. The van der Waals surface area contributed by atoms with Crippen LogP contribution in [0.4, 0.5) is 0 Å². The summed E-state index contributed by atoms with van der Waals surface area (Å²) >= 11 is 0. The second-order valence-electron chi connectivity index (χ2n) is 2.39. The summed E-state index contributed by atoms with van der Waals surface area (Å²) in [7, 11) is 0. The number of hydrogen-bond donors (Lipinski definition) is 0. The Morgan fingerprint density at radius 1 is 1.70 bits per heavy atom. The number of aromatic nitrogens is 2. The maximum Gasteiger partial charge on any atom is 0.115 e. The summed E-state index contributed by atoms with van der Waals surface area (Å²) in [6, 6.07) is 0. The van der Waals surface area contributed by atoms with Crippen LogP contribution in [0.25, 0.3) is 0 Å². The Morgan fingerprint density at radius 3 is 3.10 bits per heavy atom. The van der Waals surface area contributed by atoms with Crippen LogP contribution >= 0.6 is 0 Å². The first-order valence-electron chi connectivity index (χ1n) is 3.26. The molecule has 0 aromatic carbocycles. The van der Waals surface area contributed by atoms with Gasteiger partial charge in [0.15, 0.2) is 0 Å². The van der Waals surface area contributed by atoms with E-state index in [0.29, 0.717) is 0 Å². The van der Waals surface area contributed by atoms with E-state index in [1.165, 1.54) is 0 Å². The van der Waals surface area contributed by atoms with Crippen LogP contribution in [-0.2, 0) is 4.74 Å². The molecule has 3 nitrogen and oxygen atoms in total. The first-order chi connectivity index (χ1) is 4.88. The molecule has 2 heterocycles. The molecule has 2 rings (SSSR count). The summed E-state index contributed by atoms with van der Waals surface area (Å²) in [5.74, 6) is 0. The van der Waals surface area contributed by atoms with E-state index in [-0.39, 0.29) is 6.10 Å². The van der Waals surface area contributed by atoms with E-state index in [4.69, 9.17) is 4.74 Å². The lowest BCUT2D eigenvalue weighted by Crippen LogP contribution is -1.91. The van der Waals surface area contributed by atoms with Crippen LogP contribution in [0.3, 0.4) is 0 Å². The number of epoxide rings is 1. The van der Waals surface area contributed by atoms with Gasteiger partial charge in [-0.3, -0.25) is 0 Å². The highest BCUT2D eigenvalue weighted by Crippen LogP contribution is 2.30. The number of hydrogen-bond acceptors (Lipinski definition) is 3. The third-order valence-corrected chi connectivity index (χ3v) is 1.63. The predicted molar refractivity (Wildman–Crippen MR) is 35.5 cm³/mol. The molecule has 1 saturated heterocycles. The molecule has 0 N–H and O–H groups in total.